The normalized spacial score (nSPS) is 11.9. The molecular weight excluding hydrogens is 295 g/mol. The molecule has 2 aromatic carbocycles. The Morgan fingerprint density at radius 2 is 1.82 bits per heavy atom. The molecule has 2 aromatic rings. The fourth-order valence-electron chi connectivity index (χ4n) is 1.74. The number of nitrogens with zero attached hydrogens (tertiary/aromatic N) is 2. The number of hydrogen-bond donors (Lipinski definition) is 2. The molecule has 0 aromatic heterocycles. The number of nitrogens with one attached hydrogen (secondary N) is 1. The van der Waals surface area contributed by atoms with E-state index in [4.69, 9.17) is 10.5 Å². The van der Waals surface area contributed by atoms with Crippen molar-refractivity contribution >= 4 is 11.5 Å². The monoisotopic (exact) mass is 305 g/mol. The molecule has 0 heterocycles. The molecule has 4 nitrogen and oxygen atoms in total. The minimum Gasteiger partial charge on any atom is -0.290 e. The Morgan fingerprint density at radius 3 is 2.36 bits per heavy atom. The van der Waals surface area contributed by atoms with Gasteiger partial charge in [0.15, 0.2) is 5.84 Å². The SMILES string of the molecule is N#Cc1ccc(N=C(NO)c2cccc(C(F)(F)F)c2)cc1. The van der Waals surface area contributed by atoms with Crippen molar-refractivity contribution in [1.82, 2.24) is 5.48 Å². The van der Waals surface area contributed by atoms with Gasteiger partial charge in [-0.05, 0) is 36.4 Å². The maximum absolute atomic E-state index is 12.7. The van der Waals surface area contributed by atoms with E-state index >= 15 is 0 Å². The lowest BCUT2D eigenvalue weighted by Gasteiger charge is -2.10. The lowest BCUT2D eigenvalue weighted by atomic mass is 10.1. The predicted octanol–water partition coefficient (Wildman–Crippen LogP) is 3.63. The van der Waals surface area contributed by atoms with Gasteiger partial charge in [0.05, 0.1) is 22.9 Å². The molecule has 0 aliphatic rings. The fourth-order valence-corrected chi connectivity index (χ4v) is 1.74. The molecular formula is C15H10F3N3O. The highest BCUT2D eigenvalue weighted by Crippen LogP contribution is 2.29. The largest absolute Gasteiger partial charge is 0.416 e. The maximum Gasteiger partial charge on any atom is 0.416 e. The summed E-state index contributed by atoms with van der Waals surface area (Å²) in [7, 11) is 0. The average Bonchev–Trinajstić information content (AvgIpc) is 2.52. The van der Waals surface area contributed by atoms with Gasteiger partial charge in [0.25, 0.3) is 0 Å². The summed E-state index contributed by atoms with van der Waals surface area (Å²) in [5, 5.41) is 17.8. The Bertz CT molecular complexity index is 731. The zero-order valence-electron chi connectivity index (χ0n) is 11.1. The first-order valence-corrected chi connectivity index (χ1v) is 6.10. The Morgan fingerprint density at radius 1 is 1.14 bits per heavy atom. The van der Waals surface area contributed by atoms with Crippen LogP contribution in [0.3, 0.4) is 0 Å². The zero-order valence-corrected chi connectivity index (χ0v) is 11.1. The highest BCUT2D eigenvalue weighted by molar-refractivity contribution is 5.99. The van der Waals surface area contributed by atoms with Gasteiger partial charge in [0.2, 0.25) is 0 Å². The summed E-state index contributed by atoms with van der Waals surface area (Å²) in [5.41, 5.74) is 1.85. The molecule has 0 spiro atoms. The van der Waals surface area contributed by atoms with E-state index in [9.17, 15) is 13.2 Å². The van der Waals surface area contributed by atoms with E-state index in [0.717, 1.165) is 12.1 Å². The van der Waals surface area contributed by atoms with Crippen LogP contribution in [0.25, 0.3) is 0 Å². The van der Waals surface area contributed by atoms with E-state index in [1.165, 1.54) is 36.4 Å². The van der Waals surface area contributed by atoms with Gasteiger partial charge in [-0.2, -0.15) is 18.4 Å². The highest BCUT2D eigenvalue weighted by Gasteiger charge is 2.30. The van der Waals surface area contributed by atoms with Gasteiger partial charge >= 0.3 is 6.18 Å². The third kappa shape index (κ3) is 3.62. The average molecular weight is 305 g/mol. The molecule has 2 N–H and O–H groups in total. The van der Waals surface area contributed by atoms with Crippen molar-refractivity contribution in [1.29, 1.82) is 5.26 Å². The molecule has 7 heteroatoms. The summed E-state index contributed by atoms with van der Waals surface area (Å²) in [6.07, 6.45) is -4.48. The summed E-state index contributed by atoms with van der Waals surface area (Å²) in [5.74, 6) is -0.129. The zero-order chi connectivity index (χ0) is 16.2. The van der Waals surface area contributed by atoms with Gasteiger partial charge in [0.1, 0.15) is 0 Å². The van der Waals surface area contributed by atoms with Crippen LogP contribution in [0.15, 0.2) is 53.5 Å². The summed E-state index contributed by atoms with van der Waals surface area (Å²) in [4.78, 5) is 4.02. The molecule has 0 atom stereocenters. The van der Waals surface area contributed by atoms with Crippen LogP contribution in [-0.4, -0.2) is 11.0 Å². The van der Waals surface area contributed by atoms with Crippen molar-refractivity contribution in [2.45, 2.75) is 6.18 Å². The number of hydrogen-bond acceptors (Lipinski definition) is 3. The Balaban J connectivity index is 2.39. The summed E-state index contributed by atoms with van der Waals surface area (Å²) in [6, 6.07) is 12.4. The van der Waals surface area contributed by atoms with E-state index in [1.807, 2.05) is 6.07 Å². The molecule has 0 fully saturated rings. The summed E-state index contributed by atoms with van der Waals surface area (Å²) < 4.78 is 38.1. The minimum absolute atomic E-state index is 0.0849. The van der Waals surface area contributed by atoms with Crippen molar-refractivity contribution in [3.8, 4) is 6.07 Å². The van der Waals surface area contributed by atoms with Gasteiger partial charge in [-0.25, -0.2) is 4.99 Å². The molecule has 2 rings (SSSR count). The van der Waals surface area contributed by atoms with Crippen LogP contribution in [0.1, 0.15) is 16.7 Å². The maximum atomic E-state index is 12.7. The molecule has 22 heavy (non-hydrogen) atoms. The number of nitriles is 1. The fraction of sp³-hybridized carbons (Fsp3) is 0.0667. The number of benzene rings is 2. The smallest absolute Gasteiger partial charge is 0.290 e. The van der Waals surface area contributed by atoms with Gasteiger partial charge in [-0.3, -0.25) is 10.7 Å². The Labute approximate surface area is 124 Å². The lowest BCUT2D eigenvalue weighted by Crippen LogP contribution is -2.20. The van der Waals surface area contributed by atoms with E-state index in [1.54, 1.807) is 5.48 Å². The lowest BCUT2D eigenvalue weighted by molar-refractivity contribution is -0.137. The molecule has 0 bridgehead atoms. The molecule has 0 aliphatic carbocycles. The van der Waals surface area contributed by atoms with Crippen molar-refractivity contribution in [2.75, 3.05) is 0 Å². The molecule has 0 saturated heterocycles. The first-order valence-electron chi connectivity index (χ1n) is 6.10. The second-order valence-corrected chi connectivity index (χ2v) is 4.31. The second kappa shape index (κ2) is 6.28. The molecule has 112 valence electrons. The van der Waals surface area contributed by atoms with Gasteiger partial charge in [0, 0.05) is 5.56 Å². The Kier molecular flexibility index (Phi) is 4.44. The quantitative estimate of drug-likeness (QED) is 0.506. The van der Waals surface area contributed by atoms with Gasteiger partial charge in [-0.1, -0.05) is 12.1 Å². The minimum atomic E-state index is -4.48. The number of aliphatic imine (C=N–C) groups is 1. The van der Waals surface area contributed by atoms with E-state index < -0.39 is 11.7 Å². The van der Waals surface area contributed by atoms with Crippen LogP contribution in [0.2, 0.25) is 0 Å². The van der Waals surface area contributed by atoms with Gasteiger partial charge in [-0.15, -0.1) is 0 Å². The third-order valence-electron chi connectivity index (χ3n) is 2.81. The highest BCUT2D eigenvalue weighted by atomic mass is 19.4. The number of amidine groups is 1. The molecule has 0 amide bonds. The van der Waals surface area contributed by atoms with E-state index in [0.29, 0.717) is 11.3 Å². The summed E-state index contributed by atoms with van der Waals surface area (Å²) >= 11 is 0. The van der Waals surface area contributed by atoms with Crippen LogP contribution < -0.4 is 5.48 Å². The van der Waals surface area contributed by atoms with Crippen molar-refractivity contribution in [3.63, 3.8) is 0 Å². The topological polar surface area (TPSA) is 68.4 Å². The first-order chi connectivity index (χ1) is 10.4. The van der Waals surface area contributed by atoms with Crippen LogP contribution in [0.4, 0.5) is 18.9 Å². The number of rotatable bonds is 2. The molecule has 0 saturated carbocycles. The van der Waals surface area contributed by atoms with Crippen LogP contribution in [-0.2, 0) is 6.18 Å². The molecule has 0 radical (unpaired) electrons. The molecule has 0 aliphatic heterocycles. The summed E-state index contributed by atoms with van der Waals surface area (Å²) in [6.45, 7) is 0. The van der Waals surface area contributed by atoms with Crippen LogP contribution in [0.5, 0.6) is 0 Å². The number of halogens is 3. The number of hydroxylamine groups is 1. The van der Waals surface area contributed by atoms with Crippen LogP contribution >= 0.6 is 0 Å². The van der Waals surface area contributed by atoms with Crippen LogP contribution in [0, 0.1) is 11.3 Å². The standard InChI is InChI=1S/C15H10F3N3O/c16-15(17,18)12-3-1-2-11(8-12)14(21-22)20-13-6-4-10(9-19)5-7-13/h1-8,22H,(H,20,21). The molecule has 0 unspecified atom stereocenters. The van der Waals surface area contributed by atoms with Crippen molar-refractivity contribution in [2.24, 2.45) is 4.99 Å². The van der Waals surface area contributed by atoms with E-state index in [2.05, 4.69) is 4.99 Å². The Hall–Kier alpha value is -2.85. The first kappa shape index (κ1) is 15.5. The predicted molar refractivity (Wildman–Crippen MR) is 73.7 cm³/mol. The van der Waals surface area contributed by atoms with Crippen molar-refractivity contribution in [3.05, 3.63) is 65.2 Å². The van der Waals surface area contributed by atoms with E-state index in [-0.39, 0.29) is 11.4 Å². The van der Waals surface area contributed by atoms with Crippen molar-refractivity contribution < 1.29 is 18.4 Å². The second-order valence-electron chi connectivity index (χ2n) is 4.31. The third-order valence-corrected chi connectivity index (χ3v) is 2.81. The van der Waals surface area contributed by atoms with Gasteiger partial charge < -0.3 is 0 Å². The number of alkyl halides is 3.